The van der Waals surface area contributed by atoms with Crippen molar-refractivity contribution in [3.8, 4) is 5.75 Å². The first-order chi connectivity index (χ1) is 11.4. The summed E-state index contributed by atoms with van der Waals surface area (Å²) in [6, 6.07) is 10.5. The number of carbonyl (C=O) groups excluding carboxylic acids is 1. The van der Waals surface area contributed by atoms with Gasteiger partial charge in [-0.1, -0.05) is 33.6 Å². The zero-order valence-electron chi connectivity index (χ0n) is 13.8. The lowest BCUT2D eigenvalue weighted by atomic mass is 10.1. The summed E-state index contributed by atoms with van der Waals surface area (Å²) >= 11 is 3.32. The largest absolute Gasteiger partial charge is 0.507 e. The highest BCUT2D eigenvalue weighted by Gasteiger charge is 2.12. The van der Waals surface area contributed by atoms with Crippen molar-refractivity contribution >= 4 is 33.7 Å². The summed E-state index contributed by atoms with van der Waals surface area (Å²) in [6.07, 6.45) is 1.40. The average Bonchev–Trinajstić information content (AvgIpc) is 2.53. The quantitative estimate of drug-likeness (QED) is 0.538. The molecular weight excluding hydrogens is 370 g/mol. The molecule has 0 heterocycles. The molecule has 0 saturated carbocycles. The van der Waals surface area contributed by atoms with E-state index < -0.39 is 6.04 Å². The number of hydrogen-bond donors (Lipinski definition) is 3. The van der Waals surface area contributed by atoms with Crippen LogP contribution in [-0.2, 0) is 4.79 Å². The van der Waals surface area contributed by atoms with Crippen molar-refractivity contribution in [2.75, 3.05) is 5.32 Å². The summed E-state index contributed by atoms with van der Waals surface area (Å²) < 4.78 is 0.818. The molecule has 1 unspecified atom stereocenters. The number of amides is 1. The van der Waals surface area contributed by atoms with Gasteiger partial charge in [0.2, 0.25) is 0 Å². The molecule has 6 heteroatoms. The van der Waals surface area contributed by atoms with Crippen LogP contribution in [-0.4, -0.2) is 23.3 Å². The molecular formula is C18H20BrN3O2. The highest BCUT2D eigenvalue weighted by molar-refractivity contribution is 9.10. The predicted octanol–water partition coefficient (Wildman–Crippen LogP) is 3.72. The van der Waals surface area contributed by atoms with E-state index in [9.17, 15) is 9.90 Å². The maximum absolute atomic E-state index is 12.1. The number of halogens is 1. The van der Waals surface area contributed by atoms with E-state index in [1.807, 2.05) is 26.0 Å². The van der Waals surface area contributed by atoms with Gasteiger partial charge in [-0.25, -0.2) is 5.43 Å². The second-order valence-corrected chi connectivity index (χ2v) is 6.54. The van der Waals surface area contributed by atoms with Crippen LogP contribution in [0.25, 0.3) is 0 Å². The van der Waals surface area contributed by atoms with Gasteiger partial charge >= 0.3 is 0 Å². The van der Waals surface area contributed by atoms with Crippen LogP contribution in [0.3, 0.4) is 0 Å². The Morgan fingerprint density at radius 1 is 1.25 bits per heavy atom. The van der Waals surface area contributed by atoms with Gasteiger partial charge in [-0.05, 0) is 50.6 Å². The first-order valence-electron chi connectivity index (χ1n) is 7.52. The number of aryl methyl sites for hydroxylation is 2. The second kappa shape index (κ2) is 7.97. The minimum Gasteiger partial charge on any atom is -0.507 e. The van der Waals surface area contributed by atoms with Crippen molar-refractivity contribution < 1.29 is 9.90 Å². The number of nitrogens with zero attached hydrogens (tertiary/aromatic N) is 1. The maximum atomic E-state index is 12.1. The number of anilines is 1. The fourth-order valence-electron chi connectivity index (χ4n) is 2.17. The van der Waals surface area contributed by atoms with Crippen LogP contribution >= 0.6 is 15.9 Å². The first kappa shape index (κ1) is 18.0. The van der Waals surface area contributed by atoms with Crippen LogP contribution < -0.4 is 10.7 Å². The second-order valence-electron chi connectivity index (χ2n) is 5.62. The van der Waals surface area contributed by atoms with Crippen LogP contribution in [0.2, 0.25) is 0 Å². The molecule has 0 spiro atoms. The molecule has 126 valence electrons. The predicted molar refractivity (Wildman–Crippen MR) is 101 cm³/mol. The number of nitrogens with one attached hydrogen (secondary N) is 2. The molecule has 0 aliphatic rings. The zero-order chi connectivity index (χ0) is 17.7. The standard InChI is InChI=1S/C18H20BrN3O2/c1-11-4-6-16(12(2)8-11)21-13(3)18(24)22-20-10-14-9-15(19)5-7-17(14)23/h4-10,13,21,23H,1-3H3,(H,22,24)/b20-10+. The van der Waals surface area contributed by atoms with Gasteiger partial charge in [0, 0.05) is 15.7 Å². The topological polar surface area (TPSA) is 73.7 Å². The molecule has 24 heavy (non-hydrogen) atoms. The first-order valence-corrected chi connectivity index (χ1v) is 8.31. The molecule has 0 aromatic heterocycles. The molecule has 3 N–H and O–H groups in total. The minimum atomic E-state index is -0.445. The molecule has 0 saturated heterocycles. The number of phenols is 1. The van der Waals surface area contributed by atoms with E-state index in [1.54, 1.807) is 25.1 Å². The van der Waals surface area contributed by atoms with Crippen LogP contribution in [0.15, 0.2) is 46.0 Å². The molecule has 0 aliphatic carbocycles. The van der Waals surface area contributed by atoms with E-state index in [0.29, 0.717) is 5.56 Å². The Hall–Kier alpha value is -2.34. The lowest BCUT2D eigenvalue weighted by Crippen LogP contribution is -2.35. The van der Waals surface area contributed by atoms with Gasteiger partial charge in [0.25, 0.3) is 5.91 Å². The molecule has 1 amide bonds. The summed E-state index contributed by atoms with van der Waals surface area (Å²) in [5.74, 6) is -0.168. The van der Waals surface area contributed by atoms with Gasteiger partial charge < -0.3 is 10.4 Å². The number of benzene rings is 2. The Morgan fingerprint density at radius 3 is 2.71 bits per heavy atom. The van der Waals surface area contributed by atoms with Gasteiger partial charge in [-0.15, -0.1) is 0 Å². The van der Waals surface area contributed by atoms with Gasteiger partial charge in [-0.3, -0.25) is 4.79 Å². The number of aromatic hydroxyl groups is 1. The van der Waals surface area contributed by atoms with Crippen molar-refractivity contribution in [2.24, 2.45) is 5.10 Å². The number of rotatable bonds is 5. The van der Waals surface area contributed by atoms with Crippen molar-refractivity contribution in [3.63, 3.8) is 0 Å². The summed E-state index contributed by atoms with van der Waals surface area (Å²) in [4.78, 5) is 12.1. The van der Waals surface area contributed by atoms with E-state index >= 15 is 0 Å². The Labute approximate surface area is 149 Å². The molecule has 0 aliphatic heterocycles. The van der Waals surface area contributed by atoms with Gasteiger partial charge in [0.1, 0.15) is 11.8 Å². The van der Waals surface area contributed by atoms with E-state index in [4.69, 9.17) is 0 Å². The minimum absolute atomic E-state index is 0.0950. The monoisotopic (exact) mass is 389 g/mol. The molecule has 2 aromatic carbocycles. The summed E-state index contributed by atoms with van der Waals surface area (Å²) in [5, 5.41) is 16.8. The van der Waals surface area contributed by atoms with E-state index in [-0.39, 0.29) is 11.7 Å². The summed E-state index contributed by atoms with van der Waals surface area (Å²) in [6.45, 7) is 5.79. The third-order valence-electron chi connectivity index (χ3n) is 3.52. The number of hydrazone groups is 1. The summed E-state index contributed by atoms with van der Waals surface area (Å²) in [5.41, 5.74) is 6.15. The van der Waals surface area contributed by atoms with Crippen molar-refractivity contribution in [1.29, 1.82) is 0 Å². The summed E-state index contributed by atoms with van der Waals surface area (Å²) in [7, 11) is 0. The smallest absolute Gasteiger partial charge is 0.262 e. The SMILES string of the molecule is Cc1ccc(NC(C)C(=O)N/N=C/c2cc(Br)ccc2O)c(C)c1. The Morgan fingerprint density at radius 2 is 2.00 bits per heavy atom. The fourth-order valence-corrected chi connectivity index (χ4v) is 2.54. The highest BCUT2D eigenvalue weighted by Crippen LogP contribution is 2.20. The van der Waals surface area contributed by atoms with Crippen LogP contribution in [0.1, 0.15) is 23.6 Å². The Bertz CT molecular complexity index is 775. The van der Waals surface area contributed by atoms with Crippen molar-refractivity contribution in [1.82, 2.24) is 5.43 Å². The molecule has 0 fully saturated rings. The maximum Gasteiger partial charge on any atom is 0.262 e. The Kier molecular flexibility index (Phi) is 5.98. The van der Waals surface area contributed by atoms with Crippen LogP contribution in [0, 0.1) is 13.8 Å². The van der Waals surface area contributed by atoms with Crippen LogP contribution in [0.5, 0.6) is 5.75 Å². The lowest BCUT2D eigenvalue weighted by molar-refractivity contribution is -0.121. The average molecular weight is 390 g/mol. The third kappa shape index (κ3) is 4.83. The zero-order valence-corrected chi connectivity index (χ0v) is 15.4. The van der Waals surface area contributed by atoms with Gasteiger partial charge in [-0.2, -0.15) is 5.10 Å². The van der Waals surface area contributed by atoms with Gasteiger partial charge in [0.05, 0.1) is 6.21 Å². The molecule has 5 nitrogen and oxygen atoms in total. The number of carbonyl (C=O) groups is 1. The molecule has 2 aromatic rings. The molecule has 1 atom stereocenters. The third-order valence-corrected chi connectivity index (χ3v) is 4.01. The fraction of sp³-hybridized carbons (Fsp3) is 0.222. The highest BCUT2D eigenvalue weighted by atomic mass is 79.9. The van der Waals surface area contributed by atoms with Crippen LogP contribution in [0.4, 0.5) is 5.69 Å². The van der Waals surface area contributed by atoms with E-state index in [1.165, 1.54) is 11.8 Å². The van der Waals surface area contributed by atoms with E-state index in [2.05, 4.69) is 37.8 Å². The Balaban J connectivity index is 1.96. The molecule has 2 rings (SSSR count). The van der Waals surface area contributed by atoms with Crippen molar-refractivity contribution in [2.45, 2.75) is 26.8 Å². The normalized spacial score (nSPS) is 12.2. The number of hydrogen-bond acceptors (Lipinski definition) is 4. The number of phenolic OH excluding ortho intramolecular Hbond substituents is 1. The van der Waals surface area contributed by atoms with Crippen molar-refractivity contribution in [3.05, 3.63) is 57.6 Å². The van der Waals surface area contributed by atoms with Gasteiger partial charge in [0.15, 0.2) is 0 Å². The molecule has 0 bridgehead atoms. The van der Waals surface area contributed by atoms with E-state index in [0.717, 1.165) is 15.7 Å². The lowest BCUT2D eigenvalue weighted by Gasteiger charge is -2.15. The molecule has 0 radical (unpaired) electrons.